The molecule has 0 aromatic heterocycles. The van der Waals surface area contributed by atoms with E-state index in [0.29, 0.717) is 6.54 Å². The predicted octanol–water partition coefficient (Wildman–Crippen LogP) is 3.75. The Morgan fingerprint density at radius 2 is 1.89 bits per heavy atom. The highest BCUT2D eigenvalue weighted by molar-refractivity contribution is 9.10. The third-order valence-electron chi connectivity index (χ3n) is 2.71. The molecule has 2 aromatic rings. The van der Waals surface area contributed by atoms with Crippen molar-refractivity contribution in [2.24, 2.45) is 5.73 Å². The molecule has 0 saturated heterocycles. The van der Waals surface area contributed by atoms with Gasteiger partial charge in [-0.15, -0.1) is 0 Å². The van der Waals surface area contributed by atoms with Crippen LogP contribution in [0.2, 0.25) is 0 Å². The van der Waals surface area contributed by atoms with Crippen molar-refractivity contribution >= 4 is 15.9 Å². The van der Waals surface area contributed by atoms with E-state index in [4.69, 9.17) is 15.2 Å². The van der Waals surface area contributed by atoms with E-state index in [1.54, 1.807) is 7.11 Å². The van der Waals surface area contributed by atoms with Crippen molar-refractivity contribution in [2.45, 2.75) is 6.42 Å². The number of benzene rings is 2. The first-order valence-corrected chi connectivity index (χ1v) is 6.82. The van der Waals surface area contributed by atoms with Gasteiger partial charge in [0.15, 0.2) is 0 Å². The first kappa shape index (κ1) is 13.9. The highest BCUT2D eigenvalue weighted by Gasteiger charge is 2.06. The zero-order valence-electron chi connectivity index (χ0n) is 10.7. The largest absolute Gasteiger partial charge is 0.497 e. The van der Waals surface area contributed by atoms with Gasteiger partial charge >= 0.3 is 0 Å². The predicted molar refractivity (Wildman–Crippen MR) is 80.0 cm³/mol. The summed E-state index contributed by atoms with van der Waals surface area (Å²) in [4.78, 5) is 0. The first-order chi connectivity index (χ1) is 9.22. The van der Waals surface area contributed by atoms with Crippen molar-refractivity contribution in [2.75, 3.05) is 13.7 Å². The molecule has 0 amide bonds. The van der Waals surface area contributed by atoms with Gasteiger partial charge in [-0.3, -0.25) is 0 Å². The molecule has 0 atom stereocenters. The molecule has 0 aliphatic rings. The van der Waals surface area contributed by atoms with E-state index >= 15 is 0 Å². The number of hydrogen-bond acceptors (Lipinski definition) is 3. The van der Waals surface area contributed by atoms with E-state index in [9.17, 15) is 0 Å². The average molecular weight is 322 g/mol. The summed E-state index contributed by atoms with van der Waals surface area (Å²) in [6, 6.07) is 13.5. The lowest BCUT2D eigenvalue weighted by Gasteiger charge is -2.12. The van der Waals surface area contributed by atoms with Crippen molar-refractivity contribution in [1.82, 2.24) is 0 Å². The van der Waals surface area contributed by atoms with Crippen LogP contribution >= 0.6 is 15.9 Å². The maximum atomic E-state index is 5.90. The zero-order chi connectivity index (χ0) is 13.7. The van der Waals surface area contributed by atoms with Crippen LogP contribution in [-0.2, 0) is 6.42 Å². The SMILES string of the molecule is COc1cccc(Oc2ccc(Br)cc2CCN)c1. The molecule has 19 heavy (non-hydrogen) atoms. The van der Waals surface area contributed by atoms with Crippen molar-refractivity contribution in [1.29, 1.82) is 0 Å². The molecular weight excluding hydrogens is 306 g/mol. The second kappa shape index (κ2) is 6.59. The molecule has 0 radical (unpaired) electrons. The molecule has 2 N–H and O–H groups in total. The first-order valence-electron chi connectivity index (χ1n) is 6.03. The van der Waals surface area contributed by atoms with Crippen LogP contribution in [0.1, 0.15) is 5.56 Å². The second-order valence-corrected chi connectivity index (χ2v) is 4.99. The van der Waals surface area contributed by atoms with Crippen molar-refractivity contribution in [3.05, 3.63) is 52.5 Å². The molecule has 0 saturated carbocycles. The minimum Gasteiger partial charge on any atom is -0.497 e. The summed E-state index contributed by atoms with van der Waals surface area (Å²) >= 11 is 3.46. The van der Waals surface area contributed by atoms with Gasteiger partial charge in [0.05, 0.1) is 7.11 Å². The summed E-state index contributed by atoms with van der Waals surface area (Å²) in [7, 11) is 1.64. The van der Waals surface area contributed by atoms with E-state index in [0.717, 1.165) is 33.7 Å². The standard InChI is InChI=1S/C15H16BrNO2/c1-18-13-3-2-4-14(10-13)19-15-6-5-12(16)9-11(15)7-8-17/h2-6,9-10H,7-8,17H2,1H3. The van der Waals surface area contributed by atoms with Crippen LogP contribution in [-0.4, -0.2) is 13.7 Å². The van der Waals surface area contributed by atoms with Gasteiger partial charge < -0.3 is 15.2 Å². The lowest BCUT2D eigenvalue weighted by atomic mass is 10.1. The minimum absolute atomic E-state index is 0.588. The normalized spacial score (nSPS) is 10.3. The highest BCUT2D eigenvalue weighted by atomic mass is 79.9. The fourth-order valence-corrected chi connectivity index (χ4v) is 2.20. The van der Waals surface area contributed by atoms with Crippen LogP contribution in [0.5, 0.6) is 17.2 Å². The summed E-state index contributed by atoms with van der Waals surface area (Å²) in [5.41, 5.74) is 6.71. The van der Waals surface area contributed by atoms with Gasteiger partial charge in [-0.05, 0) is 48.9 Å². The smallest absolute Gasteiger partial charge is 0.131 e. The number of rotatable bonds is 5. The molecule has 0 fully saturated rings. The van der Waals surface area contributed by atoms with Gasteiger partial charge in [-0.1, -0.05) is 22.0 Å². The Morgan fingerprint density at radius 1 is 1.11 bits per heavy atom. The Balaban J connectivity index is 2.26. The lowest BCUT2D eigenvalue weighted by Crippen LogP contribution is -2.04. The van der Waals surface area contributed by atoms with Crippen LogP contribution in [0.3, 0.4) is 0 Å². The quantitative estimate of drug-likeness (QED) is 0.912. The van der Waals surface area contributed by atoms with Gasteiger partial charge in [-0.25, -0.2) is 0 Å². The molecule has 0 heterocycles. The average Bonchev–Trinajstić information content (AvgIpc) is 2.42. The Bertz CT molecular complexity index is 558. The molecule has 0 unspecified atom stereocenters. The third kappa shape index (κ3) is 3.72. The van der Waals surface area contributed by atoms with Gasteiger partial charge in [0.1, 0.15) is 17.2 Å². The molecule has 3 nitrogen and oxygen atoms in total. The molecule has 4 heteroatoms. The van der Waals surface area contributed by atoms with Gasteiger partial charge in [0.2, 0.25) is 0 Å². The molecule has 100 valence electrons. The Morgan fingerprint density at radius 3 is 2.63 bits per heavy atom. The lowest BCUT2D eigenvalue weighted by molar-refractivity contribution is 0.408. The Kier molecular flexibility index (Phi) is 4.82. The van der Waals surface area contributed by atoms with Crippen LogP contribution < -0.4 is 15.2 Å². The van der Waals surface area contributed by atoms with Crippen molar-refractivity contribution in [3.8, 4) is 17.2 Å². The van der Waals surface area contributed by atoms with Gasteiger partial charge in [0, 0.05) is 10.5 Å². The topological polar surface area (TPSA) is 44.5 Å². The fraction of sp³-hybridized carbons (Fsp3) is 0.200. The monoisotopic (exact) mass is 321 g/mol. The molecule has 0 spiro atoms. The number of ether oxygens (including phenoxy) is 2. The van der Waals surface area contributed by atoms with Crippen molar-refractivity contribution in [3.63, 3.8) is 0 Å². The molecular formula is C15H16BrNO2. The molecule has 2 rings (SSSR count). The summed E-state index contributed by atoms with van der Waals surface area (Å²) in [5, 5.41) is 0. The molecule has 0 bridgehead atoms. The van der Waals surface area contributed by atoms with Crippen molar-refractivity contribution < 1.29 is 9.47 Å². The van der Waals surface area contributed by atoms with Crippen LogP contribution in [0.15, 0.2) is 46.9 Å². The summed E-state index contributed by atoms with van der Waals surface area (Å²) in [6.07, 6.45) is 0.777. The highest BCUT2D eigenvalue weighted by Crippen LogP contribution is 2.30. The maximum absolute atomic E-state index is 5.90. The number of methoxy groups -OCH3 is 1. The summed E-state index contributed by atoms with van der Waals surface area (Å²) in [5.74, 6) is 2.34. The molecule has 0 aliphatic heterocycles. The number of halogens is 1. The maximum Gasteiger partial charge on any atom is 0.131 e. The second-order valence-electron chi connectivity index (χ2n) is 4.07. The van der Waals surface area contributed by atoms with Crippen LogP contribution in [0, 0.1) is 0 Å². The third-order valence-corrected chi connectivity index (χ3v) is 3.20. The summed E-state index contributed by atoms with van der Waals surface area (Å²) in [6.45, 7) is 0.588. The Hall–Kier alpha value is -1.52. The zero-order valence-corrected chi connectivity index (χ0v) is 12.3. The minimum atomic E-state index is 0.588. The van der Waals surface area contributed by atoms with E-state index in [-0.39, 0.29) is 0 Å². The van der Waals surface area contributed by atoms with E-state index in [1.165, 1.54) is 0 Å². The van der Waals surface area contributed by atoms with Crippen LogP contribution in [0.25, 0.3) is 0 Å². The van der Waals surface area contributed by atoms with E-state index in [1.807, 2.05) is 42.5 Å². The number of nitrogens with two attached hydrogens (primary N) is 1. The van der Waals surface area contributed by atoms with Gasteiger partial charge in [-0.2, -0.15) is 0 Å². The van der Waals surface area contributed by atoms with E-state index in [2.05, 4.69) is 15.9 Å². The van der Waals surface area contributed by atoms with E-state index < -0.39 is 0 Å². The van der Waals surface area contributed by atoms with Crippen LogP contribution in [0.4, 0.5) is 0 Å². The molecule has 0 aliphatic carbocycles. The Labute approximate surface area is 121 Å². The number of hydrogen-bond donors (Lipinski definition) is 1. The summed E-state index contributed by atoms with van der Waals surface area (Å²) < 4.78 is 12.1. The molecule has 2 aromatic carbocycles. The fourth-order valence-electron chi connectivity index (χ4n) is 1.79. The van der Waals surface area contributed by atoms with Gasteiger partial charge in [0.25, 0.3) is 0 Å².